The van der Waals surface area contributed by atoms with Crippen LogP contribution in [0.3, 0.4) is 0 Å². The first-order valence-corrected chi connectivity index (χ1v) is 7.43. The van der Waals surface area contributed by atoms with Crippen molar-refractivity contribution < 1.29 is 14.3 Å². The van der Waals surface area contributed by atoms with Gasteiger partial charge in [-0.15, -0.1) is 0 Å². The Kier molecular flexibility index (Phi) is 4.52. The molecule has 0 unspecified atom stereocenters. The zero-order valence-corrected chi connectivity index (χ0v) is 12.5. The normalized spacial score (nSPS) is 13.0. The Hall–Kier alpha value is -2.89. The first kappa shape index (κ1) is 15.0. The van der Waals surface area contributed by atoms with Gasteiger partial charge in [-0.1, -0.05) is 6.07 Å². The summed E-state index contributed by atoms with van der Waals surface area (Å²) in [6.45, 7) is 0.317. The van der Waals surface area contributed by atoms with E-state index >= 15 is 0 Å². The Bertz CT molecular complexity index is 716. The summed E-state index contributed by atoms with van der Waals surface area (Å²) in [6, 6.07) is 11.0. The quantitative estimate of drug-likeness (QED) is 0.880. The summed E-state index contributed by atoms with van der Waals surface area (Å²) in [4.78, 5) is 27.2. The predicted molar refractivity (Wildman–Crippen MR) is 85.0 cm³/mol. The number of carbonyl (C=O) groups is 2. The van der Waals surface area contributed by atoms with Crippen LogP contribution in [0.2, 0.25) is 0 Å². The molecule has 0 bridgehead atoms. The van der Waals surface area contributed by atoms with Crippen molar-refractivity contribution in [3.05, 3.63) is 53.9 Å². The fourth-order valence-electron chi connectivity index (χ4n) is 2.34. The van der Waals surface area contributed by atoms with Crippen molar-refractivity contribution in [1.29, 1.82) is 0 Å². The molecule has 0 atom stereocenters. The lowest BCUT2D eigenvalue weighted by Crippen LogP contribution is -2.28. The monoisotopic (exact) mass is 311 g/mol. The van der Waals surface area contributed by atoms with Crippen LogP contribution in [0.25, 0.3) is 0 Å². The Morgan fingerprint density at radius 1 is 1.26 bits per heavy atom. The first-order chi connectivity index (χ1) is 11.2. The van der Waals surface area contributed by atoms with Crippen LogP contribution in [0.5, 0.6) is 5.75 Å². The number of aromatic nitrogens is 1. The second kappa shape index (κ2) is 6.91. The molecular weight excluding hydrogens is 294 g/mol. The lowest BCUT2D eigenvalue weighted by atomic mass is 10.0. The molecule has 0 saturated heterocycles. The highest BCUT2D eigenvalue weighted by atomic mass is 16.5. The Morgan fingerprint density at radius 3 is 3.00 bits per heavy atom. The molecule has 6 heteroatoms. The topological polar surface area (TPSA) is 80.3 Å². The van der Waals surface area contributed by atoms with Crippen LogP contribution in [0, 0.1) is 0 Å². The van der Waals surface area contributed by atoms with Gasteiger partial charge in [0, 0.05) is 18.3 Å². The van der Waals surface area contributed by atoms with E-state index in [0.29, 0.717) is 25.1 Å². The number of nitrogens with one attached hydrogen (secondary N) is 2. The minimum absolute atomic E-state index is 0.0278. The van der Waals surface area contributed by atoms with Gasteiger partial charge in [-0.3, -0.25) is 14.6 Å². The molecule has 0 radical (unpaired) electrons. The minimum Gasteiger partial charge on any atom is -0.484 e. The molecule has 0 fully saturated rings. The van der Waals surface area contributed by atoms with Gasteiger partial charge < -0.3 is 15.4 Å². The number of benzene rings is 1. The summed E-state index contributed by atoms with van der Waals surface area (Å²) in [5, 5.41) is 5.56. The molecule has 2 heterocycles. The van der Waals surface area contributed by atoms with Crippen LogP contribution < -0.4 is 15.4 Å². The Morgan fingerprint density at radius 2 is 2.17 bits per heavy atom. The van der Waals surface area contributed by atoms with Gasteiger partial charge in [0.2, 0.25) is 5.91 Å². The number of carbonyl (C=O) groups excluding carboxylic acids is 2. The summed E-state index contributed by atoms with van der Waals surface area (Å²) in [5.41, 5.74) is 2.63. The van der Waals surface area contributed by atoms with Crippen molar-refractivity contribution >= 4 is 17.5 Å². The van der Waals surface area contributed by atoms with Crippen LogP contribution in [0.4, 0.5) is 5.69 Å². The summed E-state index contributed by atoms with van der Waals surface area (Å²) in [7, 11) is 0. The molecule has 118 valence electrons. The van der Waals surface area contributed by atoms with Gasteiger partial charge >= 0.3 is 0 Å². The summed E-state index contributed by atoms with van der Waals surface area (Å²) in [6.07, 6.45) is 2.84. The standard InChI is InChI=1S/C17H17N3O3/c21-16-7-4-12-9-14(5-6-15(12)20-16)23-11-17(22)19-10-13-3-1-2-8-18-13/h1-3,5-6,8-9H,4,7,10-11H2,(H,19,22)(H,20,21). The van der Waals surface area contributed by atoms with E-state index in [9.17, 15) is 9.59 Å². The highest BCUT2D eigenvalue weighted by molar-refractivity contribution is 5.94. The van der Waals surface area contributed by atoms with Gasteiger partial charge in [0.1, 0.15) is 5.75 Å². The largest absolute Gasteiger partial charge is 0.484 e. The molecule has 2 amide bonds. The minimum atomic E-state index is -0.207. The molecule has 0 spiro atoms. The molecule has 2 N–H and O–H groups in total. The zero-order chi connectivity index (χ0) is 16.1. The summed E-state index contributed by atoms with van der Waals surface area (Å²) >= 11 is 0. The predicted octanol–water partition coefficient (Wildman–Crippen LogP) is 1.66. The van der Waals surface area contributed by atoms with Gasteiger partial charge in [0.05, 0.1) is 12.2 Å². The van der Waals surface area contributed by atoms with Crippen LogP contribution in [-0.4, -0.2) is 23.4 Å². The molecule has 1 aromatic carbocycles. The summed E-state index contributed by atoms with van der Waals surface area (Å²) in [5.74, 6) is 0.439. The number of nitrogens with zero attached hydrogens (tertiary/aromatic N) is 1. The van der Waals surface area contributed by atoms with E-state index in [2.05, 4.69) is 15.6 Å². The molecule has 6 nitrogen and oxygen atoms in total. The van der Waals surface area contributed by atoms with Crippen LogP contribution in [0.1, 0.15) is 17.7 Å². The number of ether oxygens (including phenoxy) is 1. The lowest BCUT2D eigenvalue weighted by molar-refractivity contribution is -0.123. The number of anilines is 1. The average molecular weight is 311 g/mol. The molecule has 1 aliphatic rings. The van der Waals surface area contributed by atoms with Crippen molar-refractivity contribution in [1.82, 2.24) is 10.3 Å². The number of hydrogen-bond donors (Lipinski definition) is 2. The fourth-order valence-corrected chi connectivity index (χ4v) is 2.34. The summed E-state index contributed by atoms with van der Waals surface area (Å²) < 4.78 is 5.50. The van der Waals surface area contributed by atoms with E-state index in [4.69, 9.17) is 4.74 Å². The van der Waals surface area contributed by atoms with Crippen molar-refractivity contribution in [2.24, 2.45) is 0 Å². The number of pyridine rings is 1. The number of aryl methyl sites for hydroxylation is 1. The maximum Gasteiger partial charge on any atom is 0.258 e. The van der Waals surface area contributed by atoms with Gasteiger partial charge in [-0.05, 0) is 42.3 Å². The van der Waals surface area contributed by atoms with E-state index in [1.807, 2.05) is 24.3 Å². The first-order valence-electron chi connectivity index (χ1n) is 7.43. The molecule has 23 heavy (non-hydrogen) atoms. The molecular formula is C17H17N3O3. The van der Waals surface area contributed by atoms with Crippen molar-refractivity contribution in [2.75, 3.05) is 11.9 Å². The smallest absolute Gasteiger partial charge is 0.258 e. The molecule has 1 aliphatic heterocycles. The van der Waals surface area contributed by atoms with Crippen molar-refractivity contribution in [3.63, 3.8) is 0 Å². The van der Waals surface area contributed by atoms with Gasteiger partial charge in [-0.25, -0.2) is 0 Å². The molecule has 1 aromatic heterocycles. The van der Waals surface area contributed by atoms with E-state index in [1.165, 1.54) is 0 Å². The third kappa shape index (κ3) is 4.06. The maximum atomic E-state index is 11.8. The second-order valence-corrected chi connectivity index (χ2v) is 5.25. The van der Waals surface area contributed by atoms with Crippen molar-refractivity contribution in [2.45, 2.75) is 19.4 Å². The van der Waals surface area contributed by atoms with Crippen LogP contribution in [0.15, 0.2) is 42.6 Å². The number of fused-ring (bicyclic) bond motifs is 1. The molecule has 0 saturated carbocycles. The van der Waals surface area contributed by atoms with Gasteiger partial charge in [-0.2, -0.15) is 0 Å². The van der Waals surface area contributed by atoms with E-state index in [0.717, 1.165) is 16.9 Å². The number of amides is 2. The zero-order valence-electron chi connectivity index (χ0n) is 12.5. The van der Waals surface area contributed by atoms with Crippen LogP contribution >= 0.6 is 0 Å². The third-order valence-electron chi connectivity index (χ3n) is 3.53. The fraction of sp³-hybridized carbons (Fsp3) is 0.235. The van der Waals surface area contributed by atoms with Gasteiger partial charge in [0.25, 0.3) is 5.91 Å². The number of hydrogen-bond acceptors (Lipinski definition) is 4. The SMILES string of the molecule is O=C(COc1ccc2c(c1)CCC(=O)N2)NCc1ccccn1. The Labute approximate surface area is 133 Å². The highest BCUT2D eigenvalue weighted by Gasteiger charge is 2.15. The average Bonchev–Trinajstić information content (AvgIpc) is 2.59. The van der Waals surface area contributed by atoms with E-state index in [-0.39, 0.29) is 18.4 Å². The Balaban J connectivity index is 1.50. The number of rotatable bonds is 5. The molecule has 2 aromatic rings. The van der Waals surface area contributed by atoms with E-state index in [1.54, 1.807) is 18.3 Å². The molecule has 0 aliphatic carbocycles. The lowest BCUT2D eigenvalue weighted by Gasteiger charge is -2.17. The van der Waals surface area contributed by atoms with Crippen LogP contribution in [-0.2, 0) is 22.6 Å². The van der Waals surface area contributed by atoms with Crippen molar-refractivity contribution in [3.8, 4) is 5.75 Å². The highest BCUT2D eigenvalue weighted by Crippen LogP contribution is 2.26. The second-order valence-electron chi connectivity index (χ2n) is 5.25. The third-order valence-corrected chi connectivity index (χ3v) is 3.53. The van der Waals surface area contributed by atoms with Gasteiger partial charge in [0.15, 0.2) is 6.61 Å². The van der Waals surface area contributed by atoms with E-state index < -0.39 is 0 Å². The maximum absolute atomic E-state index is 11.8. The molecule has 3 rings (SSSR count).